The summed E-state index contributed by atoms with van der Waals surface area (Å²) in [6.45, 7) is 3.86. The van der Waals surface area contributed by atoms with Gasteiger partial charge in [0.05, 0.1) is 22.2 Å². The van der Waals surface area contributed by atoms with Gasteiger partial charge in [-0.05, 0) is 43.3 Å². The second-order valence-corrected chi connectivity index (χ2v) is 8.12. The van der Waals surface area contributed by atoms with Crippen LogP contribution in [-0.4, -0.2) is 35.6 Å². The van der Waals surface area contributed by atoms with Gasteiger partial charge in [-0.3, -0.25) is 0 Å². The number of likely N-dealkylation sites (N-methyl/N-ethyl adjacent to an activating group) is 1. The van der Waals surface area contributed by atoms with Crippen LogP contribution >= 0.6 is 0 Å². The zero-order valence-corrected chi connectivity index (χ0v) is 18.1. The Labute approximate surface area is 191 Å². The van der Waals surface area contributed by atoms with Gasteiger partial charge in [-0.1, -0.05) is 6.92 Å². The number of hydrogen-bond acceptors (Lipinski definition) is 6. The number of rotatable bonds is 4. The maximum atomic E-state index is 13.4. The molecule has 0 unspecified atom stereocenters. The fourth-order valence-corrected chi connectivity index (χ4v) is 4.16. The van der Waals surface area contributed by atoms with E-state index < -0.39 is 23.5 Å². The van der Waals surface area contributed by atoms with E-state index in [1.54, 1.807) is 0 Å². The fraction of sp³-hybridized carbons (Fsp3) is 0.364. The molecule has 0 saturated carbocycles. The van der Waals surface area contributed by atoms with Crippen molar-refractivity contribution in [2.24, 2.45) is 0 Å². The Hall–Kier alpha value is -3.28. The standard InChI is InChI=1S/C22H22F6N6/c1-2-31-13-5-6-34(10-13)20-14-4-3-11(21(23,24)25)9-17(14)32-19(33-20)18-15(29)7-12(8-16(18)30)22(26,27)28/h3-4,7-9,13,31H,2,5-6,10,29-30H2,1H3/t13-/m0/s1. The van der Waals surface area contributed by atoms with E-state index >= 15 is 0 Å². The molecule has 1 aromatic heterocycles. The minimum absolute atomic E-state index is 0.0135. The number of nitrogens with two attached hydrogens (primary N) is 2. The van der Waals surface area contributed by atoms with E-state index in [1.165, 1.54) is 6.07 Å². The summed E-state index contributed by atoms with van der Waals surface area (Å²) in [5, 5.41) is 3.71. The van der Waals surface area contributed by atoms with Crippen LogP contribution in [0.25, 0.3) is 22.3 Å². The van der Waals surface area contributed by atoms with E-state index in [4.69, 9.17) is 11.5 Å². The average Bonchev–Trinajstić information content (AvgIpc) is 3.19. The van der Waals surface area contributed by atoms with Gasteiger partial charge in [0.15, 0.2) is 5.82 Å². The summed E-state index contributed by atoms with van der Waals surface area (Å²) in [5.41, 5.74) is 9.12. The molecule has 2 heterocycles. The summed E-state index contributed by atoms with van der Waals surface area (Å²) in [7, 11) is 0. The van der Waals surface area contributed by atoms with Gasteiger partial charge in [-0.2, -0.15) is 26.3 Å². The molecule has 0 aliphatic carbocycles. The number of alkyl halides is 6. The molecule has 1 aliphatic heterocycles. The maximum absolute atomic E-state index is 13.4. The first-order valence-corrected chi connectivity index (χ1v) is 10.5. The lowest BCUT2D eigenvalue weighted by Gasteiger charge is -2.22. The van der Waals surface area contributed by atoms with Crippen molar-refractivity contribution < 1.29 is 26.3 Å². The highest BCUT2D eigenvalue weighted by Crippen LogP contribution is 2.40. The summed E-state index contributed by atoms with van der Waals surface area (Å²) >= 11 is 0. The Balaban J connectivity index is 1.91. The molecule has 4 rings (SSSR count). The van der Waals surface area contributed by atoms with E-state index in [2.05, 4.69) is 15.3 Å². The van der Waals surface area contributed by atoms with Crippen molar-refractivity contribution in [1.29, 1.82) is 0 Å². The molecule has 5 N–H and O–H groups in total. The Morgan fingerprint density at radius 1 is 0.971 bits per heavy atom. The zero-order chi connectivity index (χ0) is 24.8. The SMILES string of the molecule is CCN[C@H]1CCN(c2nc(-c3c(N)cc(C(F)(F)F)cc3N)nc3cc(C(F)(F)F)ccc23)C1. The van der Waals surface area contributed by atoms with Crippen molar-refractivity contribution in [2.75, 3.05) is 36.0 Å². The second kappa shape index (κ2) is 8.49. The molecule has 0 amide bonds. The molecule has 0 radical (unpaired) electrons. The lowest BCUT2D eigenvalue weighted by molar-refractivity contribution is -0.138. The molecule has 1 atom stereocenters. The van der Waals surface area contributed by atoms with Crippen LogP contribution in [0.2, 0.25) is 0 Å². The Kier molecular flexibility index (Phi) is 5.96. The summed E-state index contributed by atoms with van der Waals surface area (Å²) in [4.78, 5) is 10.7. The van der Waals surface area contributed by atoms with Crippen molar-refractivity contribution in [3.8, 4) is 11.4 Å². The van der Waals surface area contributed by atoms with Gasteiger partial charge in [0, 0.05) is 35.9 Å². The Morgan fingerprint density at radius 2 is 1.62 bits per heavy atom. The molecular formula is C22H22F6N6. The second-order valence-electron chi connectivity index (χ2n) is 8.12. The molecular weight excluding hydrogens is 462 g/mol. The third-order valence-electron chi connectivity index (χ3n) is 5.73. The Morgan fingerprint density at radius 3 is 2.21 bits per heavy atom. The first kappa shape index (κ1) is 23.9. The molecule has 3 aromatic rings. The number of benzene rings is 2. The van der Waals surface area contributed by atoms with Crippen LogP contribution in [0.3, 0.4) is 0 Å². The molecule has 34 heavy (non-hydrogen) atoms. The number of halogens is 6. The molecule has 0 bridgehead atoms. The predicted octanol–water partition coefficient (Wildman–Crippen LogP) is 4.69. The van der Waals surface area contributed by atoms with Gasteiger partial charge in [-0.15, -0.1) is 0 Å². The van der Waals surface area contributed by atoms with Crippen LogP contribution in [-0.2, 0) is 12.4 Å². The van der Waals surface area contributed by atoms with Gasteiger partial charge in [0.1, 0.15) is 5.82 Å². The zero-order valence-electron chi connectivity index (χ0n) is 18.1. The molecule has 1 fully saturated rings. The number of nitrogens with zero attached hydrogens (tertiary/aromatic N) is 3. The van der Waals surface area contributed by atoms with Gasteiger partial charge in [0.25, 0.3) is 0 Å². The van der Waals surface area contributed by atoms with E-state index in [0.717, 1.165) is 25.1 Å². The number of anilines is 3. The summed E-state index contributed by atoms with van der Waals surface area (Å²) in [6.07, 6.45) is -8.48. The predicted molar refractivity (Wildman–Crippen MR) is 118 cm³/mol. The van der Waals surface area contributed by atoms with Crippen LogP contribution < -0.4 is 21.7 Å². The first-order valence-electron chi connectivity index (χ1n) is 10.5. The van der Waals surface area contributed by atoms with E-state index in [1.807, 2.05) is 11.8 Å². The molecule has 2 aromatic carbocycles. The minimum atomic E-state index is -4.67. The highest BCUT2D eigenvalue weighted by Gasteiger charge is 2.34. The van der Waals surface area contributed by atoms with Gasteiger partial charge < -0.3 is 21.7 Å². The van der Waals surface area contributed by atoms with Gasteiger partial charge in [0.2, 0.25) is 0 Å². The maximum Gasteiger partial charge on any atom is 0.416 e. The highest BCUT2D eigenvalue weighted by molar-refractivity contribution is 5.94. The summed E-state index contributed by atoms with van der Waals surface area (Å²) < 4.78 is 79.5. The fourth-order valence-electron chi connectivity index (χ4n) is 4.16. The van der Waals surface area contributed by atoms with Crippen LogP contribution in [0.4, 0.5) is 43.5 Å². The monoisotopic (exact) mass is 484 g/mol. The number of nitrogen functional groups attached to an aromatic ring is 2. The van der Waals surface area contributed by atoms with Crippen molar-refractivity contribution >= 4 is 28.1 Å². The summed E-state index contributed by atoms with van der Waals surface area (Å²) in [5.74, 6) is 0.227. The Bertz CT molecular complexity index is 1200. The third-order valence-corrected chi connectivity index (χ3v) is 5.73. The summed E-state index contributed by atoms with van der Waals surface area (Å²) in [6, 6.07) is 4.72. The highest BCUT2D eigenvalue weighted by atomic mass is 19.4. The first-order chi connectivity index (χ1) is 15.9. The largest absolute Gasteiger partial charge is 0.416 e. The van der Waals surface area contributed by atoms with E-state index in [0.29, 0.717) is 36.4 Å². The quantitative estimate of drug-likeness (QED) is 0.368. The van der Waals surface area contributed by atoms with Crippen LogP contribution in [0.5, 0.6) is 0 Å². The van der Waals surface area contributed by atoms with Crippen LogP contribution in [0, 0.1) is 0 Å². The lowest BCUT2D eigenvalue weighted by atomic mass is 10.0. The molecule has 0 spiro atoms. The van der Waals surface area contributed by atoms with Gasteiger partial charge in [-0.25, -0.2) is 9.97 Å². The number of fused-ring (bicyclic) bond motifs is 1. The van der Waals surface area contributed by atoms with Gasteiger partial charge >= 0.3 is 12.4 Å². The smallest absolute Gasteiger partial charge is 0.398 e. The lowest BCUT2D eigenvalue weighted by Crippen LogP contribution is -2.32. The van der Waals surface area contributed by atoms with Crippen molar-refractivity contribution in [3.05, 3.63) is 41.5 Å². The van der Waals surface area contributed by atoms with Crippen molar-refractivity contribution in [1.82, 2.24) is 15.3 Å². The number of aromatic nitrogens is 2. The van der Waals surface area contributed by atoms with Crippen molar-refractivity contribution in [3.63, 3.8) is 0 Å². The molecule has 1 aliphatic rings. The third kappa shape index (κ3) is 4.54. The minimum Gasteiger partial charge on any atom is -0.398 e. The topological polar surface area (TPSA) is 93.1 Å². The van der Waals surface area contributed by atoms with Crippen LogP contribution in [0.1, 0.15) is 24.5 Å². The average molecular weight is 484 g/mol. The van der Waals surface area contributed by atoms with E-state index in [9.17, 15) is 26.3 Å². The van der Waals surface area contributed by atoms with Crippen LogP contribution in [0.15, 0.2) is 30.3 Å². The van der Waals surface area contributed by atoms with E-state index in [-0.39, 0.29) is 34.3 Å². The molecule has 1 saturated heterocycles. The number of hydrogen-bond donors (Lipinski definition) is 3. The number of nitrogens with one attached hydrogen (secondary N) is 1. The molecule has 6 nitrogen and oxygen atoms in total. The normalized spacial score (nSPS) is 17.0. The molecule has 12 heteroatoms. The van der Waals surface area contributed by atoms with Crippen molar-refractivity contribution in [2.45, 2.75) is 31.7 Å². The molecule has 182 valence electrons.